The molecular weight excluding hydrogens is 420 g/mol. The number of rotatable bonds is 3. The van der Waals surface area contributed by atoms with Crippen LogP contribution < -0.4 is 16.6 Å². The lowest BCUT2D eigenvalue weighted by Crippen LogP contribution is -2.49. The van der Waals surface area contributed by atoms with Gasteiger partial charge in [-0.3, -0.25) is 28.8 Å². The van der Waals surface area contributed by atoms with Gasteiger partial charge in [-0.1, -0.05) is 30.3 Å². The molecule has 4 heterocycles. The highest BCUT2D eigenvalue weighted by molar-refractivity contribution is 6.06. The van der Waals surface area contributed by atoms with Crippen LogP contribution in [-0.2, 0) is 14.3 Å². The first-order chi connectivity index (χ1) is 15.3. The lowest BCUT2D eigenvalue weighted by Gasteiger charge is -2.27. The minimum absolute atomic E-state index is 0.328. The number of carbonyl (C=O) groups excluding carboxylic acids is 2. The smallest absolute Gasteiger partial charge is 0.330 e. The number of ether oxygens (including phenoxy) is 1. The number of amides is 2. The fourth-order valence-corrected chi connectivity index (χ4v) is 5.11. The molecule has 0 bridgehead atoms. The first kappa shape index (κ1) is 20.8. The number of carbonyl (C=O) groups is 2. The molecule has 5 rings (SSSR count). The summed E-state index contributed by atoms with van der Waals surface area (Å²) in [7, 11) is 1.42. The molecule has 3 fully saturated rings. The average Bonchev–Trinajstić information content (AvgIpc) is 3.38. The van der Waals surface area contributed by atoms with Crippen LogP contribution in [0.25, 0.3) is 0 Å². The third-order valence-corrected chi connectivity index (χ3v) is 6.65. The van der Waals surface area contributed by atoms with Gasteiger partial charge < -0.3 is 20.3 Å². The number of nitrogens with zero attached hydrogens (tertiary/aromatic N) is 2. The van der Waals surface area contributed by atoms with Gasteiger partial charge in [0.25, 0.3) is 5.56 Å². The molecule has 3 aliphatic rings. The number of aliphatic hydroxyl groups excluding tert-OH is 2. The number of aliphatic hydroxyl groups is 2. The second-order valence-corrected chi connectivity index (χ2v) is 8.36. The quantitative estimate of drug-likeness (QED) is 0.402. The molecule has 168 valence electrons. The number of benzene rings is 1. The first-order valence-corrected chi connectivity index (χ1v) is 10.2. The van der Waals surface area contributed by atoms with Crippen LogP contribution in [0.15, 0.2) is 52.2 Å². The molecule has 4 N–H and O–H groups in total. The Morgan fingerprint density at radius 2 is 1.62 bits per heavy atom. The van der Waals surface area contributed by atoms with Gasteiger partial charge in [-0.15, -0.1) is 0 Å². The van der Waals surface area contributed by atoms with Crippen molar-refractivity contribution >= 4 is 11.8 Å². The maximum atomic E-state index is 12.9. The number of hydrogen-bond donors (Lipinski definition) is 4. The predicted molar refractivity (Wildman–Crippen MR) is 108 cm³/mol. The highest BCUT2D eigenvalue weighted by atomic mass is 16.6. The second kappa shape index (κ2) is 7.48. The molecule has 3 saturated heterocycles. The van der Waals surface area contributed by atoms with Crippen LogP contribution in [0.5, 0.6) is 0 Å². The van der Waals surface area contributed by atoms with Gasteiger partial charge in [-0.05, 0) is 5.56 Å². The summed E-state index contributed by atoms with van der Waals surface area (Å²) in [5.41, 5.74) is -0.608. The Hall–Kier alpha value is -3.12. The van der Waals surface area contributed by atoms with E-state index in [2.05, 4.69) is 10.3 Å². The van der Waals surface area contributed by atoms with Crippen molar-refractivity contribution in [3.63, 3.8) is 0 Å². The molecule has 0 aliphatic carbocycles. The molecule has 8 atom stereocenters. The van der Waals surface area contributed by atoms with E-state index >= 15 is 0 Å². The van der Waals surface area contributed by atoms with Crippen molar-refractivity contribution in [3.05, 3.63) is 69.0 Å². The Kier molecular flexibility index (Phi) is 4.86. The van der Waals surface area contributed by atoms with Gasteiger partial charge in [0.05, 0.1) is 11.8 Å². The fourth-order valence-electron chi connectivity index (χ4n) is 5.11. The number of H-pyrrole nitrogens is 1. The molecular formula is C21H22N4O7. The lowest BCUT2D eigenvalue weighted by molar-refractivity contribution is -0.139. The van der Waals surface area contributed by atoms with Crippen molar-refractivity contribution in [2.45, 2.75) is 36.6 Å². The van der Waals surface area contributed by atoms with E-state index in [1.807, 2.05) is 30.3 Å². The van der Waals surface area contributed by atoms with Crippen LogP contribution in [-0.4, -0.2) is 67.9 Å². The van der Waals surface area contributed by atoms with Gasteiger partial charge in [-0.2, -0.15) is 0 Å². The normalized spacial score (nSPS) is 36.7. The molecule has 0 spiro atoms. The van der Waals surface area contributed by atoms with Crippen molar-refractivity contribution in [2.75, 3.05) is 7.05 Å². The Morgan fingerprint density at radius 3 is 2.31 bits per heavy atom. The van der Waals surface area contributed by atoms with Gasteiger partial charge in [-0.25, -0.2) is 4.79 Å². The van der Waals surface area contributed by atoms with Crippen LogP contribution in [0, 0.1) is 11.8 Å². The summed E-state index contributed by atoms with van der Waals surface area (Å²) in [5.74, 6) is -2.23. The largest absolute Gasteiger partial charge is 0.387 e. The number of likely N-dealkylation sites (tertiary alicyclic amines) is 1. The van der Waals surface area contributed by atoms with Crippen LogP contribution in [0.1, 0.15) is 17.8 Å². The number of imide groups is 1. The maximum absolute atomic E-state index is 12.9. The average molecular weight is 442 g/mol. The summed E-state index contributed by atoms with van der Waals surface area (Å²) in [6.07, 6.45) is -4.14. The van der Waals surface area contributed by atoms with E-state index in [9.17, 15) is 29.4 Å². The number of aromatic nitrogens is 2. The van der Waals surface area contributed by atoms with Crippen LogP contribution in [0.3, 0.4) is 0 Å². The molecule has 0 saturated carbocycles. The Bertz CT molecular complexity index is 1180. The number of aromatic amines is 1. The number of nitrogens with one attached hydrogen (secondary N) is 2. The minimum Gasteiger partial charge on any atom is -0.387 e. The monoisotopic (exact) mass is 442 g/mol. The van der Waals surface area contributed by atoms with E-state index in [1.165, 1.54) is 13.2 Å². The zero-order valence-electron chi connectivity index (χ0n) is 17.0. The van der Waals surface area contributed by atoms with Crippen molar-refractivity contribution in [1.82, 2.24) is 19.8 Å². The summed E-state index contributed by atoms with van der Waals surface area (Å²) >= 11 is 0. The van der Waals surface area contributed by atoms with Gasteiger partial charge in [0, 0.05) is 31.4 Å². The summed E-state index contributed by atoms with van der Waals surface area (Å²) in [5, 5.41) is 24.7. The summed E-state index contributed by atoms with van der Waals surface area (Å²) in [6.45, 7) is 0. The molecule has 1 aromatic heterocycles. The Morgan fingerprint density at radius 1 is 0.938 bits per heavy atom. The van der Waals surface area contributed by atoms with E-state index in [0.29, 0.717) is 0 Å². The summed E-state index contributed by atoms with van der Waals surface area (Å²) in [6, 6.07) is 9.00. The Labute approximate surface area is 181 Å². The highest BCUT2D eigenvalue weighted by Gasteiger charge is 2.62. The van der Waals surface area contributed by atoms with Crippen molar-refractivity contribution in [3.8, 4) is 0 Å². The topological polar surface area (TPSA) is 154 Å². The van der Waals surface area contributed by atoms with Gasteiger partial charge in [0.1, 0.15) is 18.3 Å². The molecule has 2 amide bonds. The third-order valence-electron chi connectivity index (χ3n) is 6.65. The van der Waals surface area contributed by atoms with E-state index in [-0.39, 0.29) is 5.91 Å². The zero-order chi connectivity index (χ0) is 22.7. The molecule has 11 heteroatoms. The first-order valence-electron chi connectivity index (χ1n) is 10.2. The van der Waals surface area contributed by atoms with Crippen molar-refractivity contribution in [2.24, 2.45) is 11.8 Å². The summed E-state index contributed by atoms with van der Waals surface area (Å²) in [4.78, 5) is 52.5. The molecule has 0 radical (unpaired) electrons. The number of hydrogen-bond acceptors (Lipinski definition) is 8. The molecule has 0 unspecified atom stereocenters. The summed E-state index contributed by atoms with van der Waals surface area (Å²) < 4.78 is 6.86. The van der Waals surface area contributed by atoms with E-state index in [1.54, 1.807) is 0 Å². The fraction of sp³-hybridized carbons (Fsp3) is 0.429. The van der Waals surface area contributed by atoms with Crippen molar-refractivity contribution < 1.29 is 24.5 Å². The Balaban J connectivity index is 1.51. The van der Waals surface area contributed by atoms with Gasteiger partial charge >= 0.3 is 5.69 Å². The minimum atomic E-state index is -1.50. The highest BCUT2D eigenvalue weighted by Crippen LogP contribution is 2.47. The maximum Gasteiger partial charge on any atom is 0.330 e. The third kappa shape index (κ3) is 2.97. The molecule has 3 aliphatic heterocycles. The molecule has 11 nitrogen and oxygen atoms in total. The van der Waals surface area contributed by atoms with E-state index < -0.39 is 65.6 Å². The number of fused-ring (bicyclic) bond motifs is 1. The lowest BCUT2D eigenvalue weighted by atomic mass is 9.84. The van der Waals surface area contributed by atoms with Crippen LogP contribution in [0.4, 0.5) is 0 Å². The van der Waals surface area contributed by atoms with Gasteiger partial charge in [0.15, 0.2) is 6.23 Å². The standard InChI is InChI=1S/C21H22N4O7/c1-24-18(29)11-12(19(24)30)14(23-13(11)9-5-3-2-4-6-9)17-15(27)16(28)20(32-17)25-8-7-10(26)22-21(25)31/h2-8,11-17,20,23,27-28H,1H3,(H,22,26,31)/t11-,12+,13-,14-,15-,16+,17+,20+/m0/s1. The molecule has 1 aromatic carbocycles. The van der Waals surface area contributed by atoms with Crippen LogP contribution >= 0.6 is 0 Å². The zero-order valence-corrected chi connectivity index (χ0v) is 17.0. The van der Waals surface area contributed by atoms with Crippen LogP contribution in [0.2, 0.25) is 0 Å². The second-order valence-electron chi connectivity index (χ2n) is 8.36. The molecule has 2 aromatic rings. The molecule has 32 heavy (non-hydrogen) atoms. The van der Waals surface area contributed by atoms with Crippen molar-refractivity contribution in [1.29, 1.82) is 0 Å². The van der Waals surface area contributed by atoms with E-state index in [0.717, 1.165) is 21.1 Å². The van der Waals surface area contributed by atoms with E-state index in [4.69, 9.17) is 4.74 Å². The van der Waals surface area contributed by atoms with Gasteiger partial charge in [0.2, 0.25) is 11.8 Å². The predicted octanol–water partition coefficient (Wildman–Crippen LogP) is -1.90. The SMILES string of the molecule is CN1C(=O)[C@H]2[C@@H]([C@H]3O[C@@H](n4ccc(=O)[nH]c4=O)[C@H](O)[C@@H]3O)N[C@@H](c3ccccc3)[C@H]2C1=O.